The van der Waals surface area contributed by atoms with E-state index in [1.54, 1.807) is 0 Å². The first-order chi connectivity index (χ1) is 10.0. The maximum Gasteiger partial charge on any atom is 0.256 e. The average molecular weight is 344 g/mol. The van der Waals surface area contributed by atoms with Crippen LogP contribution in [0.4, 0.5) is 5.69 Å². The SMILES string of the molecule is Cc1ccc(C(=O)Nc2ccc3nc(C)[nH]c3c2)c(Br)c1. The van der Waals surface area contributed by atoms with Crippen molar-refractivity contribution in [3.63, 3.8) is 0 Å². The van der Waals surface area contributed by atoms with Gasteiger partial charge in [-0.1, -0.05) is 6.07 Å². The number of aryl methyl sites for hydroxylation is 2. The summed E-state index contributed by atoms with van der Waals surface area (Å²) in [5, 5.41) is 2.90. The van der Waals surface area contributed by atoms with Gasteiger partial charge >= 0.3 is 0 Å². The van der Waals surface area contributed by atoms with Crippen molar-refractivity contribution in [2.45, 2.75) is 13.8 Å². The van der Waals surface area contributed by atoms with Crippen LogP contribution >= 0.6 is 15.9 Å². The lowest BCUT2D eigenvalue weighted by Crippen LogP contribution is -2.12. The van der Waals surface area contributed by atoms with Crippen LogP contribution in [0.2, 0.25) is 0 Å². The van der Waals surface area contributed by atoms with Gasteiger partial charge in [0.2, 0.25) is 0 Å². The number of carbonyl (C=O) groups is 1. The van der Waals surface area contributed by atoms with Crippen molar-refractivity contribution in [1.82, 2.24) is 9.97 Å². The minimum absolute atomic E-state index is 0.141. The molecule has 106 valence electrons. The van der Waals surface area contributed by atoms with E-state index in [0.717, 1.165) is 32.6 Å². The molecular formula is C16H14BrN3O. The number of hydrogen-bond donors (Lipinski definition) is 2. The van der Waals surface area contributed by atoms with E-state index in [4.69, 9.17) is 0 Å². The molecule has 0 unspecified atom stereocenters. The van der Waals surface area contributed by atoms with Gasteiger partial charge in [-0.15, -0.1) is 0 Å². The molecule has 0 radical (unpaired) electrons. The highest BCUT2D eigenvalue weighted by Crippen LogP contribution is 2.21. The molecule has 1 heterocycles. The Labute approximate surface area is 130 Å². The first-order valence-corrected chi connectivity index (χ1v) is 7.36. The molecule has 0 saturated carbocycles. The summed E-state index contributed by atoms with van der Waals surface area (Å²) in [5.74, 6) is 0.715. The summed E-state index contributed by atoms with van der Waals surface area (Å²) in [7, 11) is 0. The second-order valence-corrected chi connectivity index (χ2v) is 5.85. The van der Waals surface area contributed by atoms with Crippen LogP contribution in [0.25, 0.3) is 11.0 Å². The zero-order chi connectivity index (χ0) is 15.0. The van der Waals surface area contributed by atoms with E-state index in [9.17, 15) is 4.79 Å². The molecule has 21 heavy (non-hydrogen) atoms. The number of aromatic amines is 1. The lowest BCUT2D eigenvalue weighted by atomic mass is 10.1. The molecule has 4 nitrogen and oxygen atoms in total. The summed E-state index contributed by atoms with van der Waals surface area (Å²) in [5.41, 5.74) is 4.26. The van der Waals surface area contributed by atoms with Crippen LogP contribution in [0.1, 0.15) is 21.7 Å². The molecule has 3 aromatic rings. The van der Waals surface area contributed by atoms with E-state index < -0.39 is 0 Å². The molecule has 3 rings (SSSR count). The van der Waals surface area contributed by atoms with Crippen LogP contribution in [-0.4, -0.2) is 15.9 Å². The highest BCUT2D eigenvalue weighted by Gasteiger charge is 2.11. The molecule has 0 saturated heterocycles. The molecule has 0 aliphatic carbocycles. The van der Waals surface area contributed by atoms with Gasteiger partial charge in [-0.25, -0.2) is 4.98 Å². The van der Waals surface area contributed by atoms with Crippen molar-refractivity contribution >= 4 is 38.6 Å². The monoisotopic (exact) mass is 343 g/mol. The van der Waals surface area contributed by atoms with Crippen molar-refractivity contribution in [2.75, 3.05) is 5.32 Å². The normalized spacial score (nSPS) is 10.8. The van der Waals surface area contributed by atoms with Gasteiger partial charge < -0.3 is 10.3 Å². The van der Waals surface area contributed by atoms with Crippen molar-refractivity contribution in [2.24, 2.45) is 0 Å². The third kappa shape index (κ3) is 2.83. The maximum atomic E-state index is 12.3. The van der Waals surface area contributed by atoms with Gasteiger partial charge in [0, 0.05) is 10.2 Å². The van der Waals surface area contributed by atoms with E-state index in [0.29, 0.717) is 5.56 Å². The van der Waals surface area contributed by atoms with E-state index in [1.165, 1.54) is 0 Å². The fourth-order valence-corrected chi connectivity index (χ4v) is 2.89. The second-order valence-electron chi connectivity index (χ2n) is 4.99. The molecular weight excluding hydrogens is 330 g/mol. The number of aromatic nitrogens is 2. The molecule has 0 aliphatic rings. The van der Waals surface area contributed by atoms with E-state index in [-0.39, 0.29) is 5.91 Å². The Kier molecular flexibility index (Phi) is 3.51. The van der Waals surface area contributed by atoms with Crippen molar-refractivity contribution < 1.29 is 4.79 Å². The highest BCUT2D eigenvalue weighted by molar-refractivity contribution is 9.10. The zero-order valence-electron chi connectivity index (χ0n) is 11.7. The Morgan fingerprint density at radius 3 is 2.76 bits per heavy atom. The van der Waals surface area contributed by atoms with Crippen LogP contribution in [0.5, 0.6) is 0 Å². The van der Waals surface area contributed by atoms with Gasteiger partial charge in [-0.3, -0.25) is 4.79 Å². The van der Waals surface area contributed by atoms with E-state index in [2.05, 4.69) is 31.2 Å². The smallest absolute Gasteiger partial charge is 0.256 e. The number of fused-ring (bicyclic) bond motifs is 1. The number of rotatable bonds is 2. The number of halogens is 1. The third-order valence-corrected chi connectivity index (χ3v) is 3.88. The Morgan fingerprint density at radius 1 is 1.19 bits per heavy atom. The number of anilines is 1. The van der Waals surface area contributed by atoms with Crippen LogP contribution in [0.15, 0.2) is 40.9 Å². The van der Waals surface area contributed by atoms with Crippen LogP contribution in [0.3, 0.4) is 0 Å². The predicted octanol–water partition coefficient (Wildman–Crippen LogP) is 4.19. The van der Waals surface area contributed by atoms with Crippen LogP contribution < -0.4 is 5.32 Å². The minimum Gasteiger partial charge on any atom is -0.342 e. The fourth-order valence-electron chi connectivity index (χ4n) is 2.22. The minimum atomic E-state index is -0.141. The van der Waals surface area contributed by atoms with Gasteiger partial charge in [-0.2, -0.15) is 0 Å². The molecule has 2 N–H and O–H groups in total. The summed E-state index contributed by atoms with van der Waals surface area (Å²) in [4.78, 5) is 19.8. The first-order valence-electron chi connectivity index (χ1n) is 6.57. The summed E-state index contributed by atoms with van der Waals surface area (Å²) in [6.45, 7) is 3.89. The van der Waals surface area contributed by atoms with Gasteiger partial charge in [0.1, 0.15) is 5.82 Å². The number of benzene rings is 2. The van der Waals surface area contributed by atoms with Crippen molar-refractivity contribution in [3.8, 4) is 0 Å². The molecule has 1 aromatic heterocycles. The molecule has 0 bridgehead atoms. The molecule has 0 spiro atoms. The molecule has 0 atom stereocenters. The number of nitrogens with zero attached hydrogens (tertiary/aromatic N) is 1. The number of amides is 1. The molecule has 0 aliphatic heterocycles. The Morgan fingerprint density at radius 2 is 2.00 bits per heavy atom. The van der Waals surface area contributed by atoms with E-state index >= 15 is 0 Å². The molecule has 5 heteroatoms. The summed E-state index contributed by atoms with van der Waals surface area (Å²) in [6.07, 6.45) is 0. The largest absolute Gasteiger partial charge is 0.342 e. The molecule has 1 amide bonds. The number of H-pyrrole nitrogens is 1. The lowest BCUT2D eigenvalue weighted by Gasteiger charge is -2.07. The lowest BCUT2D eigenvalue weighted by molar-refractivity contribution is 0.102. The third-order valence-electron chi connectivity index (χ3n) is 3.23. The van der Waals surface area contributed by atoms with Gasteiger partial charge in [-0.05, 0) is 65.7 Å². The van der Waals surface area contributed by atoms with Crippen molar-refractivity contribution in [3.05, 3.63) is 57.8 Å². The van der Waals surface area contributed by atoms with Crippen molar-refractivity contribution in [1.29, 1.82) is 0 Å². The molecule has 0 fully saturated rings. The topological polar surface area (TPSA) is 57.8 Å². The fraction of sp³-hybridized carbons (Fsp3) is 0.125. The zero-order valence-corrected chi connectivity index (χ0v) is 13.3. The number of hydrogen-bond acceptors (Lipinski definition) is 2. The Hall–Kier alpha value is -2.14. The quantitative estimate of drug-likeness (QED) is 0.732. The predicted molar refractivity (Wildman–Crippen MR) is 87.7 cm³/mol. The van der Waals surface area contributed by atoms with Gasteiger partial charge in [0.15, 0.2) is 0 Å². The van der Waals surface area contributed by atoms with Crippen LogP contribution in [-0.2, 0) is 0 Å². The second kappa shape index (κ2) is 5.33. The number of imidazole rings is 1. The van der Waals surface area contributed by atoms with Crippen LogP contribution in [0, 0.1) is 13.8 Å². The summed E-state index contributed by atoms with van der Waals surface area (Å²) < 4.78 is 0.790. The Balaban J connectivity index is 1.88. The number of carbonyl (C=O) groups excluding carboxylic acids is 1. The first kappa shape index (κ1) is 13.8. The van der Waals surface area contributed by atoms with Gasteiger partial charge in [0.25, 0.3) is 5.91 Å². The maximum absolute atomic E-state index is 12.3. The Bertz CT molecular complexity index is 839. The highest BCUT2D eigenvalue weighted by atomic mass is 79.9. The summed E-state index contributed by atoms with van der Waals surface area (Å²) in [6, 6.07) is 11.3. The standard InChI is InChI=1S/C16H14BrN3O/c1-9-3-5-12(13(17)7-9)16(21)20-11-4-6-14-15(8-11)19-10(2)18-14/h3-8H,1-2H3,(H,18,19)(H,20,21). The number of nitrogens with one attached hydrogen (secondary N) is 2. The average Bonchev–Trinajstić information content (AvgIpc) is 2.77. The van der Waals surface area contributed by atoms with Gasteiger partial charge in [0.05, 0.1) is 16.6 Å². The molecule has 2 aromatic carbocycles. The van der Waals surface area contributed by atoms with E-state index in [1.807, 2.05) is 50.2 Å². The summed E-state index contributed by atoms with van der Waals surface area (Å²) >= 11 is 3.43.